The second-order valence-corrected chi connectivity index (χ2v) is 2.08. The number of hydrogen-bond donors (Lipinski definition) is 1. The van der Waals surface area contributed by atoms with E-state index in [-0.39, 0.29) is 18.1 Å². The Balaban J connectivity index is 3.51. The number of hydrogen-bond acceptors (Lipinski definition) is 2. The first-order valence-electron chi connectivity index (χ1n) is 3.32. The van der Waals surface area contributed by atoms with Gasteiger partial charge in [-0.15, -0.1) is 5.92 Å². The summed E-state index contributed by atoms with van der Waals surface area (Å²) in [5.74, 6) is 4.89. The molecule has 0 atom stereocenters. The third-order valence-electron chi connectivity index (χ3n) is 0.960. The summed E-state index contributed by atoms with van der Waals surface area (Å²) in [6.07, 6.45) is -0.0502. The normalized spacial score (nSPS) is 7.82. The van der Waals surface area contributed by atoms with Crippen LogP contribution in [-0.4, -0.2) is 18.2 Å². The van der Waals surface area contributed by atoms with Gasteiger partial charge in [0, 0.05) is 0 Å². The molecule has 60 valence electrons. The smallest absolute Gasteiger partial charge is 0.228 e. The number of rotatable bonds is 3. The number of ketones is 1. The number of carbonyl (C=O) groups is 2. The predicted octanol–water partition coefficient (Wildman–Crippen LogP) is 0.105. The Labute approximate surface area is 66.2 Å². The molecule has 0 radical (unpaired) electrons. The molecule has 11 heavy (non-hydrogen) atoms. The average molecular weight is 153 g/mol. The number of nitrogens with one attached hydrogen (secondary N) is 1. The first-order valence-corrected chi connectivity index (χ1v) is 3.32. The summed E-state index contributed by atoms with van der Waals surface area (Å²) in [5.41, 5.74) is 0. The molecule has 0 aromatic carbocycles. The summed E-state index contributed by atoms with van der Waals surface area (Å²) in [5, 5.41) is 2.48. The van der Waals surface area contributed by atoms with Gasteiger partial charge in [-0.2, -0.15) is 0 Å². The minimum atomic E-state index is -0.264. The van der Waals surface area contributed by atoms with E-state index in [1.54, 1.807) is 6.92 Å². The van der Waals surface area contributed by atoms with E-state index < -0.39 is 0 Å². The molecule has 3 nitrogen and oxygen atoms in total. The highest BCUT2D eigenvalue weighted by molar-refractivity contribution is 5.96. The molecule has 3 heteroatoms. The zero-order chi connectivity index (χ0) is 8.69. The van der Waals surface area contributed by atoms with Crippen LogP contribution in [0.15, 0.2) is 0 Å². The lowest BCUT2D eigenvalue weighted by molar-refractivity contribution is -0.126. The van der Waals surface area contributed by atoms with Gasteiger partial charge in [-0.1, -0.05) is 5.92 Å². The van der Waals surface area contributed by atoms with Crippen LogP contribution in [0.4, 0.5) is 0 Å². The van der Waals surface area contributed by atoms with Crippen molar-refractivity contribution >= 4 is 11.7 Å². The van der Waals surface area contributed by atoms with E-state index in [1.165, 1.54) is 6.92 Å². The van der Waals surface area contributed by atoms with Gasteiger partial charge in [-0.3, -0.25) is 9.59 Å². The molecule has 0 saturated carbocycles. The Morgan fingerprint density at radius 1 is 1.45 bits per heavy atom. The van der Waals surface area contributed by atoms with Crippen molar-refractivity contribution in [3.05, 3.63) is 0 Å². The molecule has 0 bridgehead atoms. The molecule has 0 saturated heterocycles. The second-order valence-electron chi connectivity index (χ2n) is 2.08. The zero-order valence-electron chi connectivity index (χ0n) is 6.73. The standard InChI is InChI=1S/C8H11NO2/c1-3-4-5-9-8(11)6-7(2)10/h5-6H2,1-2H3,(H,9,11). The Morgan fingerprint density at radius 2 is 2.09 bits per heavy atom. The van der Waals surface area contributed by atoms with Crippen molar-refractivity contribution in [2.75, 3.05) is 6.54 Å². The quantitative estimate of drug-likeness (QED) is 0.462. The highest BCUT2D eigenvalue weighted by Gasteiger charge is 2.01. The van der Waals surface area contributed by atoms with E-state index in [4.69, 9.17) is 0 Å². The summed E-state index contributed by atoms with van der Waals surface area (Å²) < 4.78 is 0. The largest absolute Gasteiger partial charge is 0.345 e. The van der Waals surface area contributed by atoms with Crippen LogP contribution in [0, 0.1) is 11.8 Å². The first-order chi connectivity index (χ1) is 5.16. The zero-order valence-corrected chi connectivity index (χ0v) is 6.73. The lowest BCUT2D eigenvalue weighted by Gasteiger charge is -1.96. The van der Waals surface area contributed by atoms with Crippen LogP contribution in [0.25, 0.3) is 0 Å². The summed E-state index contributed by atoms with van der Waals surface area (Å²) in [4.78, 5) is 21.1. The third-order valence-corrected chi connectivity index (χ3v) is 0.960. The van der Waals surface area contributed by atoms with Crippen molar-refractivity contribution in [1.29, 1.82) is 0 Å². The average Bonchev–Trinajstić information content (AvgIpc) is 1.86. The van der Waals surface area contributed by atoms with Crippen molar-refractivity contribution in [1.82, 2.24) is 5.32 Å². The van der Waals surface area contributed by atoms with Crippen LogP contribution >= 0.6 is 0 Å². The number of amides is 1. The molecule has 0 rings (SSSR count). The van der Waals surface area contributed by atoms with Crippen LogP contribution in [0.5, 0.6) is 0 Å². The molecule has 0 heterocycles. The minimum absolute atomic E-state index is 0.0502. The molecular weight excluding hydrogens is 142 g/mol. The lowest BCUT2D eigenvalue weighted by Crippen LogP contribution is -2.25. The van der Waals surface area contributed by atoms with E-state index in [2.05, 4.69) is 17.2 Å². The van der Waals surface area contributed by atoms with Crippen molar-refractivity contribution < 1.29 is 9.59 Å². The Hall–Kier alpha value is -1.30. The van der Waals surface area contributed by atoms with Crippen molar-refractivity contribution in [2.45, 2.75) is 20.3 Å². The van der Waals surface area contributed by atoms with E-state index in [0.29, 0.717) is 6.54 Å². The van der Waals surface area contributed by atoms with Gasteiger partial charge in [0.05, 0.1) is 13.0 Å². The molecule has 0 aromatic heterocycles. The lowest BCUT2D eigenvalue weighted by atomic mass is 10.3. The van der Waals surface area contributed by atoms with Crippen molar-refractivity contribution in [3.63, 3.8) is 0 Å². The summed E-state index contributed by atoms with van der Waals surface area (Å²) >= 11 is 0. The molecule has 0 fully saturated rings. The number of carbonyl (C=O) groups excluding carboxylic acids is 2. The molecule has 0 spiro atoms. The SMILES string of the molecule is CC#CCNC(=O)CC(C)=O. The van der Waals surface area contributed by atoms with Crippen molar-refractivity contribution in [3.8, 4) is 11.8 Å². The molecule has 1 N–H and O–H groups in total. The molecule has 0 unspecified atom stereocenters. The molecule has 0 aromatic rings. The summed E-state index contributed by atoms with van der Waals surface area (Å²) in [7, 11) is 0. The fourth-order valence-corrected chi connectivity index (χ4v) is 0.520. The fraction of sp³-hybridized carbons (Fsp3) is 0.500. The Morgan fingerprint density at radius 3 is 2.55 bits per heavy atom. The predicted molar refractivity (Wildman–Crippen MR) is 41.8 cm³/mol. The van der Waals surface area contributed by atoms with Gasteiger partial charge in [0.1, 0.15) is 5.78 Å². The molecule has 0 aliphatic rings. The highest BCUT2D eigenvalue weighted by atomic mass is 16.2. The van der Waals surface area contributed by atoms with E-state index >= 15 is 0 Å². The number of Topliss-reactive ketones (excluding diaryl/α,β-unsaturated/α-hetero) is 1. The Bertz CT molecular complexity index is 210. The van der Waals surface area contributed by atoms with Crippen molar-refractivity contribution in [2.24, 2.45) is 0 Å². The maximum atomic E-state index is 10.7. The Kier molecular flexibility index (Phi) is 4.83. The van der Waals surface area contributed by atoms with Gasteiger partial charge in [0.25, 0.3) is 0 Å². The van der Waals surface area contributed by atoms with E-state index in [9.17, 15) is 9.59 Å². The van der Waals surface area contributed by atoms with E-state index in [0.717, 1.165) is 0 Å². The van der Waals surface area contributed by atoms with Crippen LogP contribution < -0.4 is 5.32 Å². The van der Waals surface area contributed by atoms with Gasteiger partial charge < -0.3 is 5.32 Å². The van der Waals surface area contributed by atoms with Gasteiger partial charge in [-0.25, -0.2) is 0 Å². The highest BCUT2D eigenvalue weighted by Crippen LogP contribution is 1.79. The molecule has 0 aliphatic heterocycles. The third kappa shape index (κ3) is 6.59. The minimum Gasteiger partial charge on any atom is -0.345 e. The van der Waals surface area contributed by atoms with Crippen LogP contribution in [0.2, 0.25) is 0 Å². The molecular formula is C8H11NO2. The van der Waals surface area contributed by atoms with E-state index in [1.807, 2.05) is 0 Å². The van der Waals surface area contributed by atoms with Gasteiger partial charge in [0.15, 0.2) is 0 Å². The maximum Gasteiger partial charge on any atom is 0.228 e. The first kappa shape index (κ1) is 9.70. The maximum absolute atomic E-state index is 10.7. The topological polar surface area (TPSA) is 46.2 Å². The second kappa shape index (κ2) is 5.48. The van der Waals surface area contributed by atoms with Crippen LogP contribution in [0.1, 0.15) is 20.3 Å². The monoisotopic (exact) mass is 153 g/mol. The molecule has 0 aliphatic carbocycles. The fourth-order valence-electron chi connectivity index (χ4n) is 0.520. The van der Waals surface area contributed by atoms with Gasteiger partial charge in [0.2, 0.25) is 5.91 Å². The van der Waals surface area contributed by atoms with Gasteiger partial charge >= 0.3 is 0 Å². The summed E-state index contributed by atoms with van der Waals surface area (Å²) in [6, 6.07) is 0. The van der Waals surface area contributed by atoms with Crippen LogP contribution in [-0.2, 0) is 9.59 Å². The van der Waals surface area contributed by atoms with Gasteiger partial charge in [-0.05, 0) is 13.8 Å². The molecule has 1 amide bonds. The summed E-state index contributed by atoms with van der Waals surface area (Å²) in [6.45, 7) is 3.39. The van der Waals surface area contributed by atoms with Crippen LogP contribution in [0.3, 0.4) is 0 Å².